The summed E-state index contributed by atoms with van der Waals surface area (Å²) in [5, 5.41) is 8.10. The van der Waals surface area contributed by atoms with Crippen LogP contribution in [0.3, 0.4) is 0 Å². The van der Waals surface area contributed by atoms with Gasteiger partial charge in [-0.3, -0.25) is 19.2 Å². The number of aromatic nitrogens is 3. The average molecular weight is 724 g/mol. The van der Waals surface area contributed by atoms with E-state index in [1.54, 1.807) is 12.3 Å². The van der Waals surface area contributed by atoms with E-state index in [2.05, 4.69) is 21.3 Å². The Morgan fingerprint density at radius 3 is 2.18 bits per heavy atom. The number of amides is 1. The Balaban J connectivity index is 1.28. The highest BCUT2D eigenvalue weighted by atomic mass is 35.5. The monoisotopic (exact) mass is 723 g/mol. The van der Waals surface area contributed by atoms with Gasteiger partial charge in [0.2, 0.25) is 5.91 Å². The molecular weight excluding hydrogens is 682 g/mol. The van der Waals surface area contributed by atoms with Crippen LogP contribution in [0.25, 0.3) is 11.0 Å². The molecule has 274 valence electrons. The summed E-state index contributed by atoms with van der Waals surface area (Å²) in [4.78, 5) is 54.7. The molecule has 18 heteroatoms. The SMILES string of the molecule is C#CCOCCOCCOCCOCCNC(=O)C1CN(c2cc(Cl)nc3c2cnn3[C@@H]2O[C@H](COC(C)=O)[C@@H](OC(C)=O)[C@H]2OC(C)=O)C1. The summed E-state index contributed by atoms with van der Waals surface area (Å²) in [6.45, 7) is 7.72. The Morgan fingerprint density at radius 1 is 0.940 bits per heavy atom. The molecule has 0 aliphatic carbocycles. The summed E-state index contributed by atoms with van der Waals surface area (Å²) in [6, 6.07) is 1.67. The fourth-order valence-corrected chi connectivity index (χ4v) is 5.52. The summed E-state index contributed by atoms with van der Waals surface area (Å²) in [6.07, 6.45) is 2.33. The van der Waals surface area contributed by atoms with Crippen LogP contribution in [-0.4, -0.2) is 136 Å². The quantitative estimate of drug-likeness (QED) is 0.0659. The Morgan fingerprint density at radius 2 is 1.56 bits per heavy atom. The number of rotatable bonds is 20. The van der Waals surface area contributed by atoms with Gasteiger partial charge in [0.1, 0.15) is 24.5 Å². The number of ether oxygens (including phenoxy) is 8. The maximum absolute atomic E-state index is 12.8. The summed E-state index contributed by atoms with van der Waals surface area (Å²) in [7, 11) is 0. The second kappa shape index (κ2) is 19.4. The molecule has 0 spiro atoms. The molecule has 2 aromatic rings. The standard InChI is InChI=1S/C32H42ClN5O12/c1-5-7-43-9-11-45-13-14-46-12-10-44-8-6-34-31(42)23-17-37(18-23)25-15-27(33)36-30-24(25)16-35-38(30)32-29(49-22(4)41)28(48-21(3)40)26(50-32)19-47-20(2)39/h1,15-16,23,26,28-29,32H,6-14,17-19H2,2-4H3,(H,34,42)/t26-,28-,29-,32-/m1/s1. The topological polar surface area (TPSA) is 188 Å². The number of nitrogens with one attached hydrogen (secondary N) is 1. The van der Waals surface area contributed by atoms with E-state index in [9.17, 15) is 19.2 Å². The van der Waals surface area contributed by atoms with Gasteiger partial charge in [0, 0.05) is 40.4 Å². The van der Waals surface area contributed by atoms with Gasteiger partial charge in [-0.15, -0.1) is 6.42 Å². The normalized spacial score (nSPS) is 20.3. The van der Waals surface area contributed by atoms with E-state index in [4.69, 9.17) is 55.9 Å². The van der Waals surface area contributed by atoms with Crippen molar-refractivity contribution in [2.45, 2.75) is 45.3 Å². The van der Waals surface area contributed by atoms with Crippen LogP contribution in [0.5, 0.6) is 0 Å². The van der Waals surface area contributed by atoms with E-state index >= 15 is 0 Å². The number of hydrogen-bond donors (Lipinski definition) is 1. The Kier molecular flexibility index (Phi) is 15.0. The molecule has 50 heavy (non-hydrogen) atoms. The zero-order valence-corrected chi connectivity index (χ0v) is 28.9. The van der Waals surface area contributed by atoms with Crippen molar-refractivity contribution in [1.82, 2.24) is 20.1 Å². The number of hydrogen-bond acceptors (Lipinski definition) is 15. The summed E-state index contributed by atoms with van der Waals surface area (Å²) in [5.41, 5.74) is 0.993. The highest BCUT2D eigenvalue weighted by Crippen LogP contribution is 2.39. The molecule has 4 atom stereocenters. The predicted octanol–water partition coefficient (Wildman–Crippen LogP) is 0.661. The third kappa shape index (κ3) is 11.0. The molecule has 2 fully saturated rings. The molecule has 0 unspecified atom stereocenters. The van der Waals surface area contributed by atoms with Crippen molar-refractivity contribution >= 4 is 52.1 Å². The fraction of sp³-hybridized carbons (Fsp3) is 0.625. The number of carbonyl (C=O) groups excluding carboxylic acids is 4. The molecule has 0 aromatic carbocycles. The zero-order valence-electron chi connectivity index (χ0n) is 28.2. The van der Waals surface area contributed by atoms with E-state index in [1.165, 1.54) is 25.5 Å². The van der Waals surface area contributed by atoms with Crippen molar-refractivity contribution in [3.63, 3.8) is 0 Å². The van der Waals surface area contributed by atoms with Gasteiger partial charge in [0.05, 0.1) is 69.4 Å². The number of pyridine rings is 1. The van der Waals surface area contributed by atoms with E-state index in [1.807, 2.05) is 4.90 Å². The second-order valence-electron chi connectivity index (χ2n) is 11.3. The average Bonchev–Trinajstić information content (AvgIpc) is 3.59. The first-order valence-electron chi connectivity index (χ1n) is 16.0. The van der Waals surface area contributed by atoms with Gasteiger partial charge in [-0.2, -0.15) is 5.10 Å². The number of terminal acetylenes is 1. The van der Waals surface area contributed by atoms with Gasteiger partial charge in [-0.05, 0) is 6.07 Å². The smallest absolute Gasteiger partial charge is 0.303 e. The van der Waals surface area contributed by atoms with Gasteiger partial charge < -0.3 is 48.1 Å². The number of nitrogens with zero attached hydrogens (tertiary/aromatic N) is 4. The molecule has 1 amide bonds. The highest BCUT2D eigenvalue weighted by Gasteiger charge is 2.51. The molecule has 0 radical (unpaired) electrons. The molecule has 0 bridgehead atoms. The molecule has 2 saturated heterocycles. The number of anilines is 1. The summed E-state index contributed by atoms with van der Waals surface area (Å²) < 4.78 is 45.0. The van der Waals surface area contributed by atoms with E-state index in [0.29, 0.717) is 82.6 Å². The zero-order chi connectivity index (χ0) is 36.0. The number of carbonyl (C=O) groups is 4. The van der Waals surface area contributed by atoms with Gasteiger partial charge in [0.25, 0.3) is 0 Å². The van der Waals surface area contributed by atoms with Crippen molar-refractivity contribution in [2.75, 3.05) is 84.0 Å². The van der Waals surface area contributed by atoms with Crippen molar-refractivity contribution in [1.29, 1.82) is 0 Å². The van der Waals surface area contributed by atoms with Crippen molar-refractivity contribution < 1.29 is 57.1 Å². The van der Waals surface area contributed by atoms with Crippen LogP contribution in [0.4, 0.5) is 5.69 Å². The third-order valence-corrected chi connectivity index (χ3v) is 7.73. The van der Waals surface area contributed by atoms with E-state index < -0.39 is 42.4 Å². The van der Waals surface area contributed by atoms with Gasteiger partial charge >= 0.3 is 17.9 Å². The van der Waals surface area contributed by atoms with E-state index in [0.717, 1.165) is 0 Å². The van der Waals surface area contributed by atoms with Crippen molar-refractivity contribution in [2.24, 2.45) is 5.92 Å². The minimum atomic E-state index is -1.15. The lowest BCUT2D eigenvalue weighted by atomic mass is 9.98. The molecule has 1 N–H and O–H groups in total. The van der Waals surface area contributed by atoms with Crippen molar-refractivity contribution in [3.8, 4) is 12.3 Å². The molecule has 2 aliphatic rings. The maximum Gasteiger partial charge on any atom is 0.303 e. The first kappa shape index (κ1) is 38.7. The summed E-state index contributed by atoms with van der Waals surface area (Å²) in [5.74, 6) is 0.149. The van der Waals surface area contributed by atoms with Gasteiger partial charge in [-0.1, -0.05) is 17.5 Å². The Labute approximate surface area is 294 Å². The van der Waals surface area contributed by atoms with Gasteiger partial charge in [-0.25, -0.2) is 9.67 Å². The summed E-state index contributed by atoms with van der Waals surface area (Å²) >= 11 is 6.44. The second-order valence-corrected chi connectivity index (χ2v) is 11.7. The maximum atomic E-state index is 12.8. The molecule has 4 heterocycles. The first-order chi connectivity index (χ1) is 24.1. The fourth-order valence-electron chi connectivity index (χ4n) is 5.33. The minimum absolute atomic E-state index is 0.101. The lowest BCUT2D eigenvalue weighted by molar-refractivity contribution is -0.166. The van der Waals surface area contributed by atoms with Crippen LogP contribution in [0.15, 0.2) is 12.3 Å². The largest absolute Gasteiger partial charge is 0.463 e. The van der Waals surface area contributed by atoms with E-state index in [-0.39, 0.29) is 30.2 Å². The van der Waals surface area contributed by atoms with Crippen LogP contribution in [-0.2, 0) is 57.1 Å². The molecular formula is C32H42ClN5O12. The third-order valence-electron chi connectivity index (χ3n) is 7.54. The molecule has 17 nitrogen and oxygen atoms in total. The lowest BCUT2D eigenvalue weighted by Gasteiger charge is -2.40. The highest BCUT2D eigenvalue weighted by molar-refractivity contribution is 6.30. The number of fused-ring (bicyclic) bond motifs is 1. The first-order valence-corrected chi connectivity index (χ1v) is 16.4. The molecule has 2 aromatic heterocycles. The number of halogens is 1. The van der Waals surface area contributed by atoms with Crippen LogP contribution < -0.4 is 10.2 Å². The van der Waals surface area contributed by atoms with Crippen molar-refractivity contribution in [3.05, 3.63) is 17.4 Å². The Bertz CT molecular complexity index is 1510. The molecule has 2 aliphatic heterocycles. The Hall–Kier alpha value is -4.05. The van der Waals surface area contributed by atoms with Gasteiger partial charge in [0.15, 0.2) is 24.1 Å². The van der Waals surface area contributed by atoms with Crippen LogP contribution >= 0.6 is 11.6 Å². The molecule has 4 rings (SSSR count). The van der Waals surface area contributed by atoms with Crippen LogP contribution in [0.2, 0.25) is 5.15 Å². The predicted molar refractivity (Wildman–Crippen MR) is 175 cm³/mol. The lowest BCUT2D eigenvalue weighted by Crippen LogP contribution is -2.54. The molecule has 0 saturated carbocycles. The van der Waals surface area contributed by atoms with Crippen LogP contribution in [0, 0.1) is 18.3 Å². The van der Waals surface area contributed by atoms with Crippen LogP contribution in [0.1, 0.15) is 27.0 Å². The minimum Gasteiger partial charge on any atom is -0.463 e. The number of esters is 3.